The average Bonchev–Trinajstić information content (AvgIpc) is 2.53. The maximum atomic E-state index is 13.5. The second-order valence-corrected chi connectivity index (χ2v) is 5.53. The highest BCUT2D eigenvalue weighted by Gasteiger charge is 2.15. The number of hydrogen-bond donors (Lipinski definition) is 2. The van der Waals surface area contributed by atoms with Gasteiger partial charge in [-0.15, -0.1) is 0 Å². The van der Waals surface area contributed by atoms with Crippen LogP contribution in [0.2, 0.25) is 0 Å². The normalized spacial score (nSPS) is 10.8. The van der Waals surface area contributed by atoms with E-state index in [0.717, 1.165) is 6.07 Å². The van der Waals surface area contributed by atoms with E-state index in [2.05, 4.69) is 10.6 Å². The molecule has 9 heteroatoms. The van der Waals surface area contributed by atoms with E-state index in [1.54, 1.807) is 6.07 Å². The number of rotatable bonds is 6. The fraction of sp³-hybridized carbons (Fsp3) is 0.133. The molecule has 0 fully saturated rings. The van der Waals surface area contributed by atoms with E-state index in [4.69, 9.17) is 0 Å². The lowest BCUT2D eigenvalue weighted by atomic mass is 10.2. The Labute approximate surface area is 138 Å². The number of halogens is 5. The molecule has 2 rings (SSSR count). The number of amides is 1. The van der Waals surface area contributed by atoms with Gasteiger partial charge in [0.1, 0.15) is 0 Å². The van der Waals surface area contributed by atoms with Crippen LogP contribution in [0.4, 0.5) is 33.3 Å². The van der Waals surface area contributed by atoms with Crippen molar-refractivity contribution in [1.29, 1.82) is 0 Å². The Hall–Kier alpha value is -2.29. The molecule has 2 aromatic rings. The van der Waals surface area contributed by atoms with Gasteiger partial charge in [0.05, 0.1) is 17.9 Å². The lowest BCUT2D eigenvalue weighted by molar-refractivity contribution is -0.114. The van der Waals surface area contributed by atoms with Crippen molar-refractivity contribution >= 4 is 29.0 Å². The molecule has 0 aromatic heterocycles. The van der Waals surface area contributed by atoms with Crippen LogP contribution in [-0.4, -0.2) is 18.2 Å². The fourth-order valence-corrected chi connectivity index (χ4v) is 2.40. The highest BCUT2D eigenvalue weighted by Crippen LogP contribution is 2.31. The van der Waals surface area contributed by atoms with Crippen LogP contribution in [0.3, 0.4) is 0 Å². The molecule has 0 bridgehead atoms. The van der Waals surface area contributed by atoms with E-state index in [-0.39, 0.29) is 28.0 Å². The topological polar surface area (TPSA) is 41.1 Å². The lowest BCUT2D eigenvalue weighted by Gasteiger charge is -2.12. The highest BCUT2D eigenvalue weighted by atomic mass is 32.2. The Morgan fingerprint density at radius 3 is 2.42 bits per heavy atom. The van der Waals surface area contributed by atoms with Crippen molar-refractivity contribution in [3.8, 4) is 0 Å². The highest BCUT2D eigenvalue weighted by molar-refractivity contribution is 7.99. The van der Waals surface area contributed by atoms with E-state index in [1.807, 2.05) is 0 Å². The lowest BCUT2D eigenvalue weighted by Crippen LogP contribution is -2.22. The summed E-state index contributed by atoms with van der Waals surface area (Å²) in [6, 6.07) is 7.59. The number of alkyl halides is 2. The Kier molecular flexibility index (Phi) is 6.02. The smallest absolute Gasteiger partial charge is 0.288 e. The molecule has 0 aliphatic heterocycles. The molecule has 2 aromatic carbocycles. The summed E-state index contributed by atoms with van der Waals surface area (Å²) in [6.45, 7) is -0.463. The van der Waals surface area contributed by atoms with Crippen molar-refractivity contribution in [2.75, 3.05) is 17.2 Å². The predicted octanol–water partition coefficient (Wildman–Crippen LogP) is 4.47. The predicted molar refractivity (Wildman–Crippen MR) is 81.7 cm³/mol. The number of carbonyl (C=O) groups excluding carboxylic acids is 1. The van der Waals surface area contributed by atoms with Crippen molar-refractivity contribution in [3.63, 3.8) is 0 Å². The number of anilines is 2. The second-order valence-electron chi connectivity index (χ2n) is 4.50. The molecule has 2 N–H and O–H groups in total. The van der Waals surface area contributed by atoms with Crippen LogP contribution in [-0.2, 0) is 4.79 Å². The summed E-state index contributed by atoms with van der Waals surface area (Å²) in [7, 11) is 0. The number of carbonyl (C=O) groups is 1. The van der Waals surface area contributed by atoms with Crippen molar-refractivity contribution < 1.29 is 26.7 Å². The molecule has 0 aliphatic carbocycles. The third kappa shape index (κ3) is 4.60. The average molecular weight is 362 g/mol. The van der Waals surface area contributed by atoms with Crippen molar-refractivity contribution in [2.24, 2.45) is 0 Å². The molecule has 0 saturated heterocycles. The molecular weight excluding hydrogens is 351 g/mol. The zero-order chi connectivity index (χ0) is 17.7. The summed E-state index contributed by atoms with van der Waals surface area (Å²) in [5, 5.41) is 4.70. The van der Waals surface area contributed by atoms with Crippen molar-refractivity contribution in [2.45, 2.75) is 10.7 Å². The molecule has 0 spiro atoms. The van der Waals surface area contributed by atoms with Crippen LogP contribution < -0.4 is 10.6 Å². The number of benzene rings is 2. The van der Waals surface area contributed by atoms with E-state index < -0.39 is 35.7 Å². The molecule has 0 saturated carbocycles. The maximum absolute atomic E-state index is 13.5. The number of nitrogens with one attached hydrogen (secondary N) is 2. The standard InChI is InChI=1S/C15H11F5N2OS/c16-8-5-6-10(14(18)13(8)17)21-7-12(23)22-9-3-1-2-4-11(9)24-15(19)20/h1-6,15,21H,7H2,(H,22,23). The summed E-state index contributed by atoms with van der Waals surface area (Å²) in [5.41, 5.74) is -0.223. The minimum atomic E-state index is -2.66. The van der Waals surface area contributed by atoms with Gasteiger partial charge in [-0.05, 0) is 24.3 Å². The molecule has 0 unspecified atom stereocenters. The van der Waals surface area contributed by atoms with Gasteiger partial charge in [-0.25, -0.2) is 13.2 Å². The summed E-state index contributed by atoms with van der Waals surface area (Å²) >= 11 is 0.268. The molecule has 1 amide bonds. The zero-order valence-corrected chi connectivity index (χ0v) is 12.8. The third-order valence-electron chi connectivity index (χ3n) is 2.85. The largest absolute Gasteiger partial charge is 0.374 e. The van der Waals surface area contributed by atoms with Crippen LogP contribution in [0.1, 0.15) is 0 Å². The monoisotopic (exact) mass is 362 g/mol. The first-order chi connectivity index (χ1) is 11.4. The first-order valence-corrected chi connectivity index (χ1v) is 7.47. The molecule has 24 heavy (non-hydrogen) atoms. The maximum Gasteiger partial charge on any atom is 0.288 e. The summed E-state index contributed by atoms with van der Waals surface area (Å²) in [5.74, 6) is -7.77. The summed E-state index contributed by atoms with van der Waals surface area (Å²) in [4.78, 5) is 12.0. The molecule has 128 valence electrons. The van der Waals surface area contributed by atoms with E-state index >= 15 is 0 Å². The number of thioether (sulfide) groups is 1. The van der Waals surface area contributed by atoms with Crippen LogP contribution >= 0.6 is 11.8 Å². The minimum absolute atomic E-state index is 0.167. The van der Waals surface area contributed by atoms with Gasteiger partial charge >= 0.3 is 0 Å². The van der Waals surface area contributed by atoms with Crippen molar-refractivity contribution in [3.05, 3.63) is 53.8 Å². The Morgan fingerprint density at radius 1 is 1.00 bits per heavy atom. The van der Waals surface area contributed by atoms with E-state index in [0.29, 0.717) is 6.07 Å². The second kappa shape index (κ2) is 8.00. The third-order valence-corrected chi connectivity index (χ3v) is 3.64. The Morgan fingerprint density at radius 2 is 1.71 bits per heavy atom. The SMILES string of the molecule is O=C(CNc1ccc(F)c(F)c1F)Nc1ccccc1SC(F)F. The first-order valence-electron chi connectivity index (χ1n) is 6.59. The van der Waals surface area contributed by atoms with Gasteiger partial charge in [-0.2, -0.15) is 8.78 Å². The van der Waals surface area contributed by atoms with Gasteiger partial charge < -0.3 is 10.6 Å². The quantitative estimate of drug-likeness (QED) is 0.453. The minimum Gasteiger partial charge on any atom is -0.374 e. The fourth-order valence-electron chi connectivity index (χ4n) is 1.80. The van der Waals surface area contributed by atoms with Crippen LogP contribution in [0.15, 0.2) is 41.3 Å². The van der Waals surface area contributed by atoms with E-state index in [9.17, 15) is 26.7 Å². The van der Waals surface area contributed by atoms with Crippen LogP contribution in [0, 0.1) is 17.5 Å². The molecule has 0 atom stereocenters. The van der Waals surface area contributed by atoms with Gasteiger partial charge in [0.25, 0.3) is 5.76 Å². The Balaban J connectivity index is 2.01. The molecule has 0 aliphatic rings. The number of hydrogen-bond acceptors (Lipinski definition) is 3. The summed E-state index contributed by atoms with van der Waals surface area (Å²) < 4.78 is 64.2. The zero-order valence-electron chi connectivity index (χ0n) is 12.0. The first kappa shape index (κ1) is 18.1. The molecule has 0 radical (unpaired) electrons. The van der Waals surface area contributed by atoms with Gasteiger partial charge in [0, 0.05) is 4.90 Å². The Bertz CT molecular complexity index is 742. The molecular formula is C15H11F5N2OS. The molecule has 0 heterocycles. The van der Waals surface area contributed by atoms with E-state index in [1.165, 1.54) is 18.2 Å². The van der Waals surface area contributed by atoms with Crippen LogP contribution in [0.5, 0.6) is 0 Å². The van der Waals surface area contributed by atoms with Gasteiger partial charge in [0.15, 0.2) is 17.5 Å². The summed E-state index contributed by atoms with van der Waals surface area (Å²) in [6.07, 6.45) is 0. The van der Waals surface area contributed by atoms with Crippen molar-refractivity contribution in [1.82, 2.24) is 0 Å². The molecule has 3 nitrogen and oxygen atoms in total. The van der Waals surface area contributed by atoms with Crippen LogP contribution in [0.25, 0.3) is 0 Å². The van der Waals surface area contributed by atoms with Gasteiger partial charge in [-0.1, -0.05) is 23.9 Å². The van der Waals surface area contributed by atoms with Gasteiger partial charge in [-0.3, -0.25) is 4.79 Å². The van der Waals surface area contributed by atoms with Gasteiger partial charge in [0.2, 0.25) is 5.91 Å². The number of para-hydroxylation sites is 1.